The van der Waals surface area contributed by atoms with Crippen LogP contribution in [0, 0.1) is 0 Å². The molecular formula is C18H14BrF2N3O. The fourth-order valence-corrected chi connectivity index (χ4v) is 2.90. The zero-order valence-corrected chi connectivity index (χ0v) is 14.8. The second kappa shape index (κ2) is 7.14. The summed E-state index contributed by atoms with van der Waals surface area (Å²) in [5.74, 6) is 0. The molecule has 25 heavy (non-hydrogen) atoms. The molecule has 1 amide bonds. The quantitative estimate of drug-likeness (QED) is 0.555. The summed E-state index contributed by atoms with van der Waals surface area (Å²) in [5.41, 5.74) is 1.77. The van der Waals surface area contributed by atoms with E-state index in [1.165, 1.54) is 15.8 Å². The molecule has 0 N–H and O–H groups in total. The van der Waals surface area contributed by atoms with Crippen molar-refractivity contribution in [1.82, 2.24) is 9.78 Å². The van der Waals surface area contributed by atoms with Crippen LogP contribution in [0.15, 0.2) is 59.2 Å². The normalized spacial score (nSPS) is 10.9. The number of alkyl halides is 2. The third kappa shape index (κ3) is 3.46. The number of rotatable bonds is 5. The number of carbonyl (C=O) groups excluding carboxylic acids is 1. The number of amides is 1. The number of aryl methyl sites for hydroxylation is 1. The minimum absolute atomic E-state index is 0.0667. The van der Waals surface area contributed by atoms with Gasteiger partial charge in [-0.25, -0.2) is 8.78 Å². The molecule has 0 atom stereocenters. The lowest BCUT2D eigenvalue weighted by Gasteiger charge is -2.20. The molecule has 128 valence electrons. The highest BCUT2D eigenvalue weighted by atomic mass is 79.9. The second-order valence-corrected chi connectivity index (χ2v) is 6.29. The van der Waals surface area contributed by atoms with Crippen LogP contribution in [0.2, 0.25) is 0 Å². The summed E-state index contributed by atoms with van der Waals surface area (Å²) >= 11 is 3.38. The molecule has 7 heteroatoms. The number of aromatic nitrogens is 2. The number of hydrogen-bond acceptors (Lipinski definition) is 2. The Kier molecular flexibility index (Phi) is 4.94. The summed E-state index contributed by atoms with van der Waals surface area (Å²) in [5, 5.41) is 3.78. The number of nitrogens with zero attached hydrogens (tertiary/aromatic N) is 3. The summed E-state index contributed by atoms with van der Waals surface area (Å²) in [7, 11) is 1.54. The van der Waals surface area contributed by atoms with E-state index in [1.807, 2.05) is 36.4 Å². The molecule has 0 spiro atoms. The highest BCUT2D eigenvalue weighted by Gasteiger charge is 2.24. The van der Waals surface area contributed by atoms with E-state index in [0.717, 1.165) is 15.6 Å². The van der Waals surface area contributed by atoms with Crippen molar-refractivity contribution in [3.8, 4) is 11.1 Å². The van der Waals surface area contributed by atoms with Crippen molar-refractivity contribution in [2.24, 2.45) is 7.05 Å². The Morgan fingerprint density at radius 2 is 1.80 bits per heavy atom. The molecule has 0 bridgehead atoms. The van der Waals surface area contributed by atoms with Crippen LogP contribution >= 0.6 is 15.9 Å². The number of benzene rings is 2. The van der Waals surface area contributed by atoms with Gasteiger partial charge in [0.05, 0.1) is 11.4 Å². The number of halogens is 3. The maximum atomic E-state index is 13.3. The molecule has 0 aliphatic rings. The van der Waals surface area contributed by atoms with Gasteiger partial charge in [0.25, 0.3) is 6.43 Å². The van der Waals surface area contributed by atoms with Crippen molar-refractivity contribution in [3.05, 3.63) is 64.9 Å². The van der Waals surface area contributed by atoms with Gasteiger partial charge in [0, 0.05) is 23.3 Å². The average molecular weight is 406 g/mol. The van der Waals surface area contributed by atoms with Crippen LogP contribution in [0.1, 0.15) is 12.1 Å². The Morgan fingerprint density at radius 3 is 2.44 bits per heavy atom. The second-order valence-electron chi connectivity index (χ2n) is 5.37. The summed E-state index contributed by atoms with van der Waals surface area (Å²) in [6.07, 6.45) is -0.840. The largest absolute Gasteiger partial charge is 0.284 e. The molecule has 0 unspecified atom stereocenters. The first-order chi connectivity index (χ1) is 12.0. The fraction of sp³-hybridized carbons (Fsp3) is 0.111. The van der Waals surface area contributed by atoms with E-state index in [-0.39, 0.29) is 5.69 Å². The third-order valence-electron chi connectivity index (χ3n) is 3.73. The van der Waals surface area contributed by atoms with Gasteiger partial charge in [-0.2, -0.15) is 5.10 Å². The average Bonchev–Trinajstić information content (AvgIpc) is 2.99. The van der Waals surface area contributed by atoms with Gasteiger partial charge in [0.2, 0.25) is 6.41 Å². The lowest BCUT2D eigenvalue weighted by molar-refractivity contribution is -0.106. The van der Waals surface area contributed by atoms with Gasteiger partial charge in [-0.15, -0.1) is 0 Å². The van der Waals surface area contributed by atoms with Crippen LogP contribution in [0.25, 0.3) is 11.1 Å². The molecule has 0 aliphatic carbocycles. The third-order valence-corrected chi connectivity index (χ3v) is 4.26. The first kappa shape index (κ1) is 17.3. The van der Waals surface area contributed by atoms with Crippen molar-refractivity contribution in [3.63, 3.8) is 0 Å². The van der Waals surface area contributed by atoms with E-state index < -0.39 is 12.1 Å². The van der Waals surface area contributed by atoms with Gasteiger partial charge < -0.3 is 0 Å². The zero-order chi connectivity index (χ0) is 18.0. The van der Waals surface area contributed by atoms with Gasteiger partial charge >= 0.3 is 0 Å². The molecule has 3 aromatic rings. The molecule has 1 heterocycles. The van der Waals surface area contributed by atoms with Crippen molar-refractivity contribution in [1.29, 1.82) is 0 Å². The minimum Gasteiger partial charge on any atom is -0.279 e. The Morgan fingerprint density at radius 1 is 1.12 bits per heavy atom. The molecule has 0 radical (unpaired) electrons. The molecule has 0 fully saturated rings. The van der Waals surface area contributed by atoms with E-state index in [0.29, 0.717) is 12.1 Å². The molecular weight excluding hydrogens is 392 g/mol. The molecule has 0 saturated heterocycles. The van der Waals surface area contributed by atoms with E-state index >= 15 is 0 Å². The highest BCUT2D eigenvalue weighted by Crippen LogP contribution is 2.37. The van der Waals surface area contributed by atoms with Crippen molar-refractivity contribution in [2.75, 3.05) is 4.90 Å². The van der Waals surface area contributed by atoms with Crippen molar-refractivity contribution >= 4 is 33.7 Å². The van der Waals surface area contributed by atoms with Crippen molar-refractivity contribution in [2.45, 2.75) is 6.43 Å². The fourth-order valence-electron chi connectivity index (χ4n) is 2.63. The lowest BCUT2D eigenvalue weighted by atomic mass is 10.0. The number of para-hydroxylation sites is 1. The summed E-state index contributed by atoms with van der Waals surface area (Å²) in [6.45, 7) is 0. The summed E-state index contributed by atoms with van der Waals surface area (Å²) < 4.78 is 28.8. The van der Waals surface area contributed by atoms with Crippen LogP contribution in [-0.4, -0.2) is 16.2 Å². The van der Waals surface area contributed by atoms with Gasteiger partial charge in [-0.1, -0.05) is 46.3 Å². The van der Waals surface area contributed by atoms with Crippen molar-refractivity contribution < 1.29 is 13.6 Å². The monoisotopic (exact) mass is 405 g/mol. The predicted molar refractivity (Wildman–Crippen MR) is 95.9 cm³/mol. The first-order valence-electron chi connectivity index (χ1n) is 7.42. The van der Waals surface area contributed by atoms with Crippen LogP contribution < -0.4 is 4.90 Å². The van der Waals surface area contributed by atoms with Gasteiger partial charge in [0.15, 0.2) is 5.69 Å². The summed E-state index contributed by atoms with van der Waals surface area (Å²) in [6, 6.07) is 14.7. The minimum atomic E-state index is -2.78. The van der Waals surface area contributed by atoms with Crippen LogP contribution in [0.4, 0.5) is 20.2 Å². The van der Waals surface area contributed by atoms with Crippen LogP contribution in [0.5, 0.6) is 0 Å². The number of anilines is 2. The Hall–Kier alpha value is -2.54. The summed E-state index contributed by atoms with van der Waals surface area (Å²) in [4.78, 5) is 13.0. The lowest BCUT2D eigenvalue weighted by Crippen LogP contribution is -2.16. The van der Waals surface area contributed by atoms with Crippen LogP contribution in [0.3, 0.4) is 0 Å². The maximum absolute atomic E-state index is 13.3. The SMILES string of the molecule is Cn1cc(N(C=O)c2ccccc2-c2ccc(Br)cc2)c(C(F)F)n1. The Labute approximate surface area is 151 Å². The standard InChI is InChI=1S/C18H14BrF2N3O/c1-23-10-16(17(22-23)18(20)21)24(11-25)15-5-3-2-4-14(15)12-6-8-13(19)9-7-12/h2-11,18H,1H3. The highest BCUT2D eigenvalue weighted by molar-refractivity contribution is 9.10. The van der Waals surface area contributed by atoms with E-state index in [9.17, 15) is 13.6 Å². The predicted octanol–water partition coefficient (Wildman–Crippen LogP) is 5.08. The molecule has 4 nitrogen and oxygen atoms in total. The molecule has 3 rings (SSSR count). The van der Waals surface area contributed by atoms with E-state index in [2.05, 4.69) is 21.0 Å². The van der Waals surface area contributed by atoms with E-state index in [4.69, 9.17) is 0 Å². The Balaban J connectivity index is 2.15. The molecule has 2 aromatic carbocycles. The van der Waals surface area contributed by atoms with Gasteiger partial charge in [0.1, 0.15) is 0 Å². The number of hydrogen-bond donors (Lipinski definition) is 0. The molecule has 1 aromatic heterocycles. The first-order valence-corrected chi connectivity index (χ1v) is 8.21. The topological polar surface area (TPSA) is 38.1 Å². The number of carbonyl (C=O) groups is 1. The zero-order valence-electron chi connectivity index (χ0n) is 13.2. The van der Waals surface area contributed by atoms with E-state index in [1.54, 1.807) is 19.2 Å². The van der Waals surface area contributed by atoms with Gasteiger partial charge in [-0.3, -0.25) is 14.4 Å². The van der Waals surface area contributed by atoms with Crippen LogP contribution in [-0.2, 0) is 11.8 Å². The Bertz CT molecular complexity index is 894. The molecule has 0 saturated carbocycles. The molecule has 0 aliphatic heterocycles. The van der Waals surface area contributed by atoms with Gasteiger partial charge in [-0.05, 0) is 23.8 Å². The smallest absolute Gasteiger partial charge is 0.279 e. The maximum Gasteiger partial charge on any atom is 0.284 e.